The van der Waals surface area contributed by atoms with Gasteiger partial charge >= 0.3 is 0 Å². The lowest BCUT2D eigenvalue weighted by Crippen LogP contribution is -1.99. The number of aromatic nitrogens is 5. The van der Waals surface area contributed by atoms with Crippen LogP contribution in [0.1, 0.15) is 35.0 Å². The summed E-state index contributed by atoms with van der Waals surface area (Å²) in [6.07, 6.45) is 0. The van der Waals surface area contributed by atoms with Crippen molar-refractivity contribution in [3.05, 3.63) is 41.0 Å². The van der Waals surface area contributed by atoms with E-state index in [1.165, 1.54) is 22.9 Å². The Morgan fingerprint density at radius 1 is 1.17 bits per heavy atom. The van der Waals surface area contributed by atoms with Crippen LogP contribution in [0.4, 0.5) is 0 Å². The Morgan fingerprint density at radius 3 is 2.62 bits per heavy atom. The van der Waals surface area contributed by atoms with Gasteiger partial charge in [-0.2, -0.15) is 0 Å². The van der Waals surface area contributed by atoms with Gasteiger partial charge in [0.15, 0.2) is 11.0 Å². The number of thioether (sulfide) groups is 1. The van der Waals surface area contributed by atoms with Crippen LogP contribution in [-0.2, 0) is 13.7 Å². The van der Waals surface area contributed by atoms with Crippen LogP contribution >= 0.6 is 11.8 Å². The summed E-state index contributed by atoms with van der Waals surface area (Å²) in [6, 6.07) is 6.07. The molecule has 7 nitrogen and oxygen atoms in total. The standard InChI is InChI=1S/C16H19N5O2S/c1-9-5-6-12(7-10(9)2)15-19-18-14(23-15)11(3)24-16-20-17-13(8-22)21(16)4/h5-7,11,22H,8H2,1-4H3. The summed E-state index contributed by atoms with van der Waals surface area (Å²) >= 11 is 1.46. The zero-order valence-electron chi connectivity index (χ0n) is 14.0. The van der Waals surface area contributed by atoms with E-state index in [1.54, 1.807) is 4.57 Å². The van der Waals surface area contributed by atoms with E-state index in [4.69, 9.17) is 4.42 Å². The molecule has 8 heteroatoms. The van der Waals surface area contributed by atoms with E-state index in [1.807, 2.05) is 32.2 Å². The van der Waals surface area contributed by atoms with Crippen LogP contribution in [0.15, 0.2) is 27.8 Å². The highest BCUT2D eigenvalue weighted by Gasteiger charge is 2.19. The van der Waals surface area contributed by atoms with Crippen molar-refractivity contribution in [1.82, 2.24) is 25.0 Å². The van der Waals surface area contributed by atoms with Crippen LogP contribution in [0, 0.1) is 13.8 Å². The van der Waals surface area contributed by atoms with Crippen molar-refractivity contribution in [1.29, 1.82) is 0 Å². The molecule has 1 unspecified atom stereocenters. The van der Waals surface area contributed by atoms with E-state index >= 15 is 0 Å². The first-order valence-corrected chi connectivity index (χ1v) is 8.44. The summed E-state index contributed by atoms with van der Waals surface area (Å²) in [4.78, 5) is 0. The highest BCUT2D eigenvalue weighted by atomic mass is 32.2. The highest BCUT2D eigenvalue weighted by molar-refractivity contribution is 7.99. The Balaban J connectivity index is 1.79. The molecule has 0 radical (unpaired) electrons. The van der Waals surface area contributed by atoms with Gasteiger partial charge in [-0.15, -0.1) is 20.4 Å². The molecule has 0 aliphatic heterocycles. The summed E-state index contributed by atoms with van der Waals surface area (Å²) < 4.78 is 7.57. The molecule has 0 fully saturated rings. The third-order valence-electron chi connectivity index (χ3n) is 3.89. The van der Waals surface area contributed by atoms with Crippen molar-refractivity contribution in [2.45, 2.75) is 37.8 Å². The van der Waals surface area contributed by atoms with Gasteiger partial charge in [0.1, 0.15) is 6.61 Å². The number of hydrogen-bond donors (Lipinski definition) is 1. The molecule has 2 heterocycles. The van der Waals surface area contributed by atoms with E-state index in [0.29, 0.717) is 22.8 Å². The molecule has 3 rings (SSSR count). The number of rotatable bonds is 5. The van der Waals surface area contributed by atoms with Gasteiger partial charge in [-0.25, -0.2) is 0 Å². The smallest absolute Gasteiger partial charge is 0.247 e. The molecule has 0 saturated carbocycles. The Morgan fingerprint density at radius 2 is 1.96 bits per heavy atom. The molecule has 1 N–H and O–H groups in total. The number of benzene rings is 1. The molecule has 0 aliphatic rings. The summed E-state index contributed by atoms with van der Waals surface area (Å²) in [5, 5.41) is 26.1. The lowest BCUT2D eigenvalue weighted by Gasteiger charge is -2.06. The van der Waals surface area contributed by atoms with Gasteiger partial charge < -0.3 is 14.1 Å². The number of nitrogens with zero attached hydrogens (tertiary/aromatic N) is 5. The van der Waals surface area contributed by atoms with Crippen LogP contribution in [-0.4, -0.2) is 30.1 Å². The third-order valence-corrected chi connectivity index (χ3v) is 5.01. The van der Waals surface area contributed by atoms with Crippen LogP contribution in [0.5, 0.6) is 0 Å². The normalized spacial score (nSPS) is 12.5. The number of aliphatic hydroxyl groups excluding tert-OH is 1. The fourth-order valence-corrected chi connectivity index (χ4v) is 3.05. The minimum absolute atomic E-state index is 0.0766. The highest BCUT2D eigenvalue weighted by Crippen LogP contribution is 2.34. The first-order chi connectivity index (χ1) is 11.5. The van der Waals surface area contributed by atoms with E-state index in [0.717, 1.165) is 5.56 Å². The number of aliphatic hydroxyl groups is 1. The second-order valence-electron chi connectivity index (χ2n) is 5.62. The lowest BCUT2D eigenvalue weighted by molar-refractivity contribution is 0.266. The SMILES string of the molecule is Cc1ccc(-c2nnc(C(C)Sc3nnc(CO)n3C)o2)cc1C. The second-order valence-corrected chi connectivity index (χ2v) is 6.93. The maximum absolute atomic E-state index is 9.18. The second kappa shape index (κ2) is 6.74. The van der Waals surface area contributed by atoms with Gasteiger partial charge in [-0.3, -0.25) is 0 Å². The summed E-state index contributed by atoms with van der Waals surface area (Å²) in [6.45, 7) is 5.95. The fourth-order valence-electron chi connectivity index (χ4n) is 2.18. The molecule has 0 saturated heterocycles. The maximum atomic E-state index is 9.18. The van der Waals surface area contributed by atoms with Gasteiger partial charge in [0, 0.05) is 12.6 Å². The Labute approximate surface area is 144 Å². The van der Waals surface area contributed by atoms with Gasteiger partial charge in [0.2, 0.25) is 11.8 Å². The zero-order valence-corrected chi connectivity index (χ0v) is 14.8. The topological polar surface area (TPSA) is 89.9 Å². The molecule has 3 aromatic rings. The van der Waals surface area contributed by atoms with E-state index in [9.17, 15) is 5.11 Å². The molecule has 0 aliphatic carbocycles. The predicted octanol–water partition coefficient (Wildman–Crippen LogP) is 2.83. The molecule has 2 aromatic heterocycles. The van der Waals surface area contributed by atoms with Gasteiger partial charge in [0.25, 0.3) is 0 Å². The van der Waals surface area contributed by atoms with Crippen molar-refractivity contribution >= 4 is 11.8 Å². The molecule has 0 amide bonds. The van der Waals surface area contributed by atoms with Gasteiger partial charge in [-0.05, 0) is 44.0 Å². The van der Waals surface area contributed by atoms with Crippen LogP contribution < -0.4 is 0 Å². The maximum Gasteiger partial charge on any atom is 0.247 e. The average molecular weight is 345 g/mol. The van der Waals surface area contributed by atoms with E-state index in [2.05, 4.69) is 34.2 Å². The molecular weight excluding hydrogens is 326 g/mol. The van der Waals surface area contributed by atoms with Gasteiger partial charge in [-0.1, -0.05) is 17.8 Å². The Hall–Kier alpha value is -2.19. The minimum Gasteiger partial charge on any atom is -0.419 e. The third kappa shape index (κ3) is 3.20. The Bertz CT molecular complexity index is 858. The number of aryl methyl sites for hydroxylation is 2. The molecule has 126 valence electrons. The fraction of sp³-hybridized carbons (Fsp3) is 0.375. The largest absolute Gasteiger partial charge is 0.419 e. The molecular formula is C16H19N5O2S. The van der Waals surface area contributed by atoms with Crippen molar-refractivity contribution in [2.24, 2.45) is 7.05 Å². The van der Waals surface area contributed by atoms with Crippen molar-refractivity contribution in [3.8, 4) is 11.5 Å². The predicted molar refractivity (Wildman–Crippen MR) is 90.4 cm³/mol. The monoisotopic (exact) mass is 345 g/mol. The van der Waals surface area contributed by atoms with Crippen LogP contribution in [0.3, 0.4) is 0 Å². The van der Waals surface area contributed by atoms with E-state index in [-0.39, 0.29) is 11.9 Å². The molecule has 0 bridgehead atoms. The lowest BCUT2D eigenvalue weighted by atomic mass is 10.1. The summed E-state index contributed by atoms with van der Waals surface area (Å²) in [5.74, 6) is 1.56. The van der Waals surface area contributed by atoms with Crippen molar-refractivity contribution in [3.63, 3.8) is 0 Å². The molecule has 0 spiro atoms. The van der Waals surface area contributed by atoms with E-state index < -0.39 is 0 Å². The molecule has 1 atom stereocenters. The average Bonchev–Trinajstić information content (AvgIpc) is 3.18. The first kappa shape index (κ1) is 16.7. The molecule has 24 heavy (non-hydrogen) atoms. The Kier molecular flexibility index (Phi) is 4.68. The summed E-state index contributed by atoms with van der Waals surface area (Å²) in [5.41, 5.74) is 3.32. The quantitative estimate of drug-likeness (QED) is 0.711. The van der Waals surface area contributed by atoms with Gasteiger partial charge in [0.05, 0.1) is 5.25 Å². The van der Waals surface area contributed by atoms with Crippen LogP contribution in [0.2, 0.25) is 0 Å². The van der Waals surface area contributed by atoms with Crippen LogP contribution in [0.25, 0.3) is 11.5 Å². The van der Waals surface area contributed by atoms with Crippen molar-refractivity contribution < 1.29 is 9.52 Å². The zero-order chi connectivity index (χ0) is 17.3. The minimum atomic E-state index is -0.143. The number of hydrogen-bond acceptors (Lipinski definition) is 7. The molecule has 1 aromatic carbocycles. The first-order valence-electron chi connectivity index (χ1n) is 7.56. The van der Waals surface area contributed by atoms with Crippen molar-refractivity contribution in [2.75, 3.05) is 0 Å². The summed E-state index contributed by atoms with van der Waals surface area (Å²) in [7, 11) is 1.81.